The molecule has 1 aliphatic carbocycles. The molecule has 16 heavy (non-hydrogen) atoms. The van der Waals surface area contributed by atoms with E-state index in [1.54, 1.807) is 0 Å². The summed E-state index contributed by atoms with van der Waals surface area (Å²) in [7, 11) is 0. The monoisotopic (exact) mass is 224 g/mol. The van der Waals surface area contributed by atoms with Gasteiger partial charge in [-0.1, -0.05) is 19.8 Å². The average molecular weight is 224 g/mol. The van der Waals surface area contributed by atoms with E-state index in [-0.39, 0.29) is 11.4 Å². The second-order valence-corrected chi connectivity index (χ2v) is 4.81. The van der Waals surface area contributed by atoms with Gasteiger partial charge in [0.15, 0.2) is 0 Å². The van der Waals surface area contributed by atoms with Crippen LogP contribution in [0.15, 0.2) is 9.59 Å². The predicted molar refractivity (Wildman–Crippen MR) is 60.1 cm³/mol. The number of nitrogens with one attached hydrogen (secondary N) is 1. The second kappa shape index (κ2) is 3.77. The third kappa shape index (κ3) is 2.00. The van der Waals surface area contributed by atoms with Crippen LogP contribution in [0, 0.1) is 5.41 Å². The largest absolute Gasteiger partial charge is 0.369 e. The highest BCUT2D eigenvalue weighted by molar-refractivity contribution is 5.09. The lowest BCUT2D eigenvalue weighted by atomic mass is 9.89. The van der Waals surface area contributed by atoms with Gasteiger partial charge in [0.25, 0.3) is 0 Å². The normalized spacial score (nSPS) is 18.8. The standard InChI is InChI=1S/C10H16N4O2/c1-10(4-2-3-5-10)6-14-8(15)12-7(11)13-9(14)16/h2-6H2,1H3,(H3,11,12,13,15,16). The van der Waals surface area contributed by atoms with E-state index in [9.17, 15) is 9.59 Å². The van der Waals surface area contributed by atoms with Gasteiger partial charge in [0.05, 0.1) is 0 Å². The summed E-state index contributed by atoms with van der Waals surface area (Å²) in [5.41, 5.74) is 4.30. The van der Waals surface area contributed by atoms with Gasteiger partial charge in [-0.2, -0.15) is 4.98 Å². The van der Waals surface area contributed by atoms with E-state index in [0.717, 1.165) is 30.3 Å². The highest BCUT2D eigenvalue weighted by Gasteiger charge is 2.30. The summed E-state index contributed by atoms with van der Waals surface area (Å²) in [6.07, 6.45) is 4.41. The van der Waals surface area contributed by atoms with Crippen molar-refractivity contribution >= 4 is 5.95 Å². The van der Waals surface area contributed by atoms with Crippen molar-refractivity contribution in [2.45, 2.75) is 39.2 Å². The minimum Gasteiger partial charge on any atom is -0.369 e. The number of aromatic amines is 1. The first-order valence-corrected chi connectivity index (χ1v) is 5.47. The van der Waals surface area contributed by atoms with Gasteiger partial charge in [-0.25, -0.2) is 14.2 Å². The van der Waals surface area contributed by atoms with E-state index in [1.165, 1.54) is 0 Å². The first kappa shape index (κ1) is 10.9. The maximum Gasteiger partial charge on any atom is 0.354 e. The van der Waals surface area contributed by atoms with Crippen molar-refractivity contribution in [1.82, 2.24) is 14.5 Å². The van der Waals surface area contributed by atoms with Crippen molar-refractivity contribution in [2.75, 3.05) is 5.73 Å². The maximum absolute atomic E-state index is 11.6. The first-order valence-electron chi connectivity index (χ1n) is 5.47. The molecule has 2 rings (SSSR count). The van der Waals surface area contributed by atoms with Gasteiger partial charge in [0, 0.05) is 6.54 Å². The van der Waals surface area contributed by atoms with Crippen LogP contribution in [-0.2, 0) is 6.54 Å². The number of anilines is 1. The van der Waals surface area contributed by atoms with Crippen LogP contribution in [0.25, 0.3) is 0 Å². The minimum absolute atomic E-state index is 0.0363. The van der Waals surface area contributed by atoms with Crippen molar-refractivity contribution in [1.29, 1.82) is 0 Å². The summed E-state index contributed by atoms with van der Waals surface area (Å²) >= 11 is 0. The average Bonchev–Trinajstić information content (AvgIpc) is 2.59. The third-order valence-corrected chi connectivity index (χ3v) is 3.28. The van der Waals surface area contributed by atoms with Crippen LogP contribution >= 0.6 is 0 Å². The topological polar surface area (TPSA) is 93.8 Å². The molecule has 0 aromatic carbocycles. The molecule has 1 saturated carbocycles. The Kier molecular flexibility index (Phi) is 2.57. The van der Waals surface area contributed by atoms with E-state index in [4.69, 9.17) is 5.73 Å². The Hall–Kier alpha value is -1.59. The summed E-state index contributed by atoms with van der Waals surface area (Å²) in [6.45, 7) is 2.52. The fraction of sp³-hybridized carbons (Fsp3) is 0.700. The fourth-order valence-electron chi connectivity index (χ4n) is 2.36. The highest BCUT2D eigenvalue weighted by atomic mass is 16.2. The molecule has 1 aromatic rings. The van der Waals surface area contributed by atoms with Crippen molar-refractivity contribution in [3.05, 3.63) is 21.0 Å². The Bertz CT molecular complexity index is 465. The molecule has 0 bridgehead atoms. The lowest BCUT2D eigenvalue weighted by Crippen LogP contribution is -2.41. The summed E-state index contributed by atoms with van der Waals surface area (Å²) in [6, 6.07) is 0. The zero-order valence-electron chi connectivity index (χ0n) is 9.32. The SMILES string of the molecule is CC1(Cn2c(=O)nc(N)[nH]c2=O)CCCC1. The summed E-state index contributed by atoms with van der Waals surface area (Å²) in [4.78, 5) is 29.0. The predicted octanol–water partition coefficient (Wildman–Crippen LogP) is 0.0941. The Morgan fingerprint density at radius 1 is 1.44 bits per heavy atom. The number of hydrogen-bond donors (Lipinski definition) is 2. The molecular formula is C10H16N4O2. The highest BCUT2D eigenvalue weighted by Crippen LogP contribution is 2.38. The molecule has 1 aromatic heterocycles. The van der Waals surface area contributed by atoms with E-state index in [2.05, 4.69) is 16.9 Å². The number of hydrogen-bond acceptors (Lipinski definition) is 4. The summed E-state index contributed by atoms with van der Waals surface area (Å²) in [5, 5.41) is 0. The lowest BCUT2D eigenvalue weighted by Gasteiger charge is -2.23. The summed E-state index contributed by atoms with van der Waals surface area (Å²) in [5.74, 6) is -0.122. The number of aromatic nitrogens is 3. The number of nitrogen functional groups attached to an aromatic ring is 1. The van der Waals surface area contributed by atoms with Gasteiger partial charge in [0.2, 0.25) is 5.95 Å². The van der Waals surface area contributed by atoms with Crippen molar-refractivity contribution in [3.8, 4) is 0 Å². The molecule has 1 fully saturated rings. The van der Waals surface area contributed by atoms with Gasteiger partial charge in [-0.15, -0.1) is 0 Å². The van der Waals surface area contributed by atoms with Crippen LogP contribution in [0.3, 0.4) is 0 Å². The molecule has 0 aliphatic heterocycles. The molecule has 1 heterocycles. The van der Waals surface area contributed by atoms with Gasteiger partial charge >= 0.3 is 11.4 Å². The van der Waals surface area contributed by atoms with Crippen LogP contribution in [0.1, 0.15) is 32.6 Å². The molecular weight excluding hydrogens is 208 g/mol. The zero-order chi connectivity index (χ0) is 11.8. The zero-order valence-corrected chi connectivity index (χ0v) is 9.32. The van der Waals surface area contributed by atoms with E-state index in [0.29, 0.717) is 6.54 Å². The number of rotatable bonds is 2. The smallest absolute Gasteiger partial charge is 0.354 e. The Morgan fingerprint density at radius 2 is 2.06 bits per heavy atom. The molecule has 6 heteroatoms. The third-order valence-electron chi connectivity index (χ3n) is 3.28. The molecule has 1 aliphatic rings. The quantitative estimate of drug-likeness (QED) is 0.744. The van der Waals surface area contributed by atoms with Gasteiger partial charge in [-0.05, 0) is 18.3 Å². The molecule has 0 amide bonds. The van der Waals surface area contributed by atoms with Crippen LogP contribution in [0.2, 0.25) is 0 Å². The van der Waals surface area contributed by atoms with Crippen LogP contribution < -0.4 is 17.1 Å². The van der Waals surface area contributed by atoms with Crippen LogP contribution in [0.5, 0.6) is 0 Å². The second-order valence-electron chi connectivity index (χ2n) is 4.81. The summed E-state index contributed by atoms with van der Waals surface area (Å²) < 4.78 is 1.14. The molecule has 0 atom stereocenters. The van der Waals surface area contributed by atoms with Crippen molar-refractivity contribution in [2.24, 2.45) is 5.41 Å². The number of H-pyrrole nitrogens is 1. The van der Waals surface area contributed by atoms with Crippen molar-refractivity contribution < 1.29 is 0 Å². The van der Waals surface area contributed by atoms with Gasteiger partial charge in [-0.3, -0.25) is 4.98 Å². The fourth-order valence-corrected chi connectivity index (χ4v) is 2.36. The first-order chi connectivity index (χ1) is 7.50. The van der Waals surface area contributed by atoms with Gasteiger partial charge in [0.1, 0.15) is 0 Å². The van der Waals surface area contributed by atoms with E-state index >= 15 is 0 Å². The molecule has 0 unspecified atom stereocenters. The van der Waals surface area contributed by atoms with Crippen molar-refractivity contribution in [3.63, 3.8) is 0 Å². The Morgan fingerprint density at radius 3 is 2.62 bits per heavy atom. The van der Waals surface area contributed by atoms with E-state index < -0.39 is 11.4 Å². The van der Waals surface area contributed by atoms with Crippen LogP contribution in [0.4, 0.5) is 5.95 Å². The number of nitrogens with two attached hydrogens (primary N) is 1. The van der Waals surface area contributed by atoms with E-state index in [1.807, 2.05) is 0 Å². The molecule has 0 saturated heterocycles. The molecule has 88 valence electrons. The number of nitrogens with zero attached hydrogens (tertiary/aromatic N) is 2. The Balaban J connectivity index is 2.35. The molecule has 6 nitrogen and oxygen atoms in total. The molecule has 0 radical (unpaired) electrons. The lowest BCUT2D eigenvalue weighted by molar-refractivity contribution is 0.270. The van der Waals surface area contributed by atoms with Gasteiger partial charge < -0.3 is 5.73 Å². The minimum atomic E-state index is -0.561. The van der Waals surface area contributed by atoms with Crippen LogP contribution in [-0.4, -0.2) is 14.5 Å². The molecule has 0 spiro atoms. The maximum atomic E-state index is 11.6. The Labute approximate surface area is 92.5 Å². The molecule has 3 N–H and O–H groups in total.